The summed E-state index contributed by atoms with van der Waals surface area (Å²) in [5.74, 6) is 1.46. The van der Waals surface area contributed by atoms with E-state index in [-0.39, 0.29) is 11.7 Å². The van der Waals surface area contributed by atoms with Crippen LogP contribution < -0.4 is 5.32 Å². The fourth-order valence-electron chi connectivity index (χ4n) is 2.96. The molecule has 0 radical (unpaired) electrons. The van der Waals surface area contributed by atoms with Gasteiger partial charge in [-0.3, -0.25) is 14.3 Å². The second kappa shape index (κ2) is 9.47. The minimum Gasteiger partial charge on any atom is -0.467 e. The number of thiophene rings is 1. The van der Waals surface area contributed by atoms with Crippen molar-refractivity contribution in [3.8, 4) is 22.0 Å². The number of hydrogen-bond donors (Lipinski definition) is 1. The molecule has 160 valence electrons. The molecule has 5 aromatic rings. The van der Waals surface area contributed by atoms with Crippen LogP contribution >= 0.6 is 34.4 Å². The molecule has 32 heavy (non-hydrogen) atoms. The average Bonchev–Trinajstić information content (AvgIpc) is 3.60. The van der Waals surface area contributed by atoms with Gasteiger partial charge in [-0.2, -0.15) is 0 Å². The molecule has 1 N–H and O–H groups in total. The molecule has 0 fully saturated rings. The standard InChI is InChI=1S/C21H16N6O2S3/c28-18(24-20-23-16(12-31-20)17-6-3-9-30-17)13-32-21-26-25-19(14-4-1-7-22-10-14)27(21)11-15-5-2-8-29-15/h1-10,12H,11,13H2,(H,23,24,28). The van der Waals surface area contributed by atoms with Crippen molar-refractivity contribution < 1.29 is 9.21 Å². The Labute approximate surface area is 195 Å². The van der Waals surface area contributed by atoms with Crippen LogP contribution in [0.25, 0.3) is 22.0 Å². The number of pyridine rings is 1. The zero-order valence-electron chi connectivity index (χ0n) is 16.5. The molecule has 0 aliphatic rings. The van der Waals surface area contributed by atoms with Gasteiger partial charge in [0.2, 0.25) is 5.91 Å². The summed E-state index contributed by atoms with van der Waals surface area (Å²) in [5, 5.41) is 16.6. The summed E-state index contributed by atoms with van der Waals surface area (Å²) in [5.41, 5.74) is 1.71. The van der Waals surface area contributed by atoms with Gasteiger partial charge in [0.05, 0.1) is 29.1 Å². The number of nitrogens with zero attached hydrogens (tertiary/aromatic N) is 5. The van der Waals surface area contributed by atoms with E-state index in [1.807, 2.05) is 51.7 Å². The van der Waals surface area contributed by atoms with Crippen molar-refractivity contribution in [1.29, 1.82) is 0 Å². The molecule has 8 nitrogen and oxygen atoms in total. The van der Waals surface area contributed by atoms with Gasteiger partial charge >= 0.3 is 0 Å². The Balaban J connectivity index is 1.29. The number of thiazole rings is 1. The monoisotopic (exact) mass is 480 g/mol. The first-order chi connectivity index (χ1) is 15.8. The molecule has 0 unspecified atom stereocenters. The van der Waals surface area contributed by atoms with Crippen LogP contribution in [0.4, 0.5) is 5.13 Å². The number of carbonyl (C=O) groups is 1. The Morgan fingerprint density at radius 3 is 2.91 bits per heavy atom. The van der Waals surface area contributed by atoms with Crippen LogP contribution in [0.1, 0.15) is 5.76 Å². The highest BCUT2D eigenvalue weighted by atomic mass is 32.2. The average molecular weight is 481 g/mol. The fraction of sp³-hybridized carbons (Fsp3) is 0.0952. The van der Waals surface area contributed by atoms with E-state index in [0.717, 1.165) is 21.9 Å². The first kappa shape index (κ1) is 20.6. The second-order valence-corrected chi connectivity index (χ2v) is 9.31. The van der Waals surface area contributed by atoms with Crippen LogP contribution in [-0.2, 0) is 11.3 Å². The van der Waals surface area contributed by atoms with E-state index in [1.165, 1.54) is 23.1 Å². The molecule has 0 aromatic carbocycles. The van der Waals surface area contributed by atoms with Crippen molar-refractivity contribution in [1.82, 2.24) is 24.7 Å². The van der Waals surface area contributed by atoms with Gasteiger partial charge < -0.3 is 9.73 Å². The van der Waals surface area contributed by atoms with Gasteiger partial charge in [0, 0.05) is 23.3 Å². The Bertz CT molecular complexity index is 1300. The maximum absolute atomic E-state index is 12.5. The Morgan fingerprint density at radius 2 is 2.12 bits per heavy atom. The number of hydrogen-bond acceptors (Lipinski definition) is 9. The van der Waals surface area contributed by atoms with Gasteiger partial charge in [-0.25, -0.2) is 4.98 Å². The molecule has 5 aromatic heterocycles. The highest BCUT2D eigenvalue weighted by molar-refractivity contribution is 7.99. The number of nitrogens with one attached hydrogen (secondary N) is 1. The maximum Gasteiger partial charge on any atom is 0.236 e. The number of amides is 1. The van der Waals surface area contributed by atoms with Crippen LogP contribution in [0.2, 0.25) is 0 Å². The van der Waals surface area contributed by atoms with Gasteiger partial charge in [-0.05, 0) is 35.7 Å². The molecule has 0 saturated carbocycles. The number of carbonyl (C=O) groups excluding carboxylic acids is 1. The molecule has 5 rings (SSSR count). The number of aromatic nitrogens is 5. The molecule has 0 spiro atoms. The Hall–Kier alpha value is -3.28. The lowest BCUT2D eigenvalue weighted by molar-refractivity contribution is -0.113. The maximum atomic E-state index is 12.5. The molecule has 11 heteroatoms. The van der Waals surface area contributed by atoms with E-state index < -0.39 is 0 Å². The predicted molar refractivity (Wildman–Crippen MR) is 126 cm³/mol. The lowest BCUT2D eigenvalue weighted by atomic mass is 10.2. The van der Waals surface area contributed by atoms with Crippen LogP contribution in [0.5, 0.6) is 0 Å². The normalized spacial score (nSPS) is 11.0. The number of furan rings is 1. The van der Waals surface area contributed by atoms with Gasteiger partial charge in [0.1, 0.15) is 5.76 Å². The molecule has 0 atom stereocenters. The molecule has 0 saturated heterocycles. The van der Waals surface area contributed by atoms with Crippen molar-refractivity contribution >= 4 is 45.5 Å². The number of anilines is 1. The number of thioether (sulfide) groups is 1. The molecule has 1 amide bonds. The van der Waals surface area contributed by atoms with Crippen LogP contribution in [-0.4, -0.2) is 36.4 Å². The van der Waals surface area contributed by atoms with Gasteiger partial charge in [0.15, 0.2) is 16.1 Å². The summed E-state index contributed by atoms with van der Waals surface area (Å²) in [6.45, 7) is 0.449. The third kappa shape index (κ3) is 4.64. The van der Waals surface area contributed by atoms with Crippen molar-refractivity contribution in [2.24, 2.45) is 0 Å². The quantitative estimate of drug-likeness (QED) is 0.316. The summed E-state index contributed by atoms with van der Waals surface area (Å²) in [4.78, 5) is 22.3. The van der Waals surface area contributed by atoms with E-state index in [9.17, 15) is 4.79 Å². The summed E-state index contributed by atoms with van der Waals surface area (Å²) in [7, 11) is 0. The van der Waals surface area contributed by atoms with Gasteiger partial charge in [0.25, 0.3) is 0 Å². The van der Waals surface area contributed by atoms with E-state index in [1.54, 1.807) is 30.0 Å². The highest BCUT2D eigenvalue weighted by Gasteiger charge is 2.17. The smallest absolute Gasteiger partial charge is 0.236 e. The van der Waals surface area contributed by atoms with Crippen LogP contribution in [0, 0.1) is 0 Å². The van der Waals surface area contributed by atoms with E-state index in [4.69, 9.17) is 4.42 Å². The van der Waals surface area contributed by atoms with Gasteiger partial charge in [-0.1, -0.05) is 17.8 Å². The van der Waals surface area contributed by atoms with Crippen LogP contribution in [0.15, 0.2) is 75.4 Å². The molecular formula is C21H16N6O2S3. The lowest BCUT2D eigenvalue weighted by Crippen LogP contribution is -2.14. The SMILES string of the molecule is O=C(CSc1nnc(-c2cccnc2)n1Cc1ccco1)Nc1nc(-c2cccs2)cs1. The van der Waals surface area contributed by atoms with Crippen molar-refractivity contribution in [3.05, 3.63) is 71.6 Å². The Morgan fingerprint density at radius 1 is 1.16 bits per heavy atom. The lowest BCUT2D eigenvalue weighted by Gasteiger charge is -2.08. The third-order valence-electron chi connectivity index (χ3n) is 4.39. The molecular weight excluding hydrogens is 464 g/mol. The van der Waals surface area contributed by atoms with Crippen LogP contribution in [0.3, 0.4) is 0 Å². The van der Waals surface area contributed by atoms with Gasteiger partial charge in [-0.15, -0.1) is 32.9 Å². The largest absolute Gasteiger partial charge is 0.467 e. The van der Waals surface area contributed by atoms with E-state index in [2.05, 4.69) is 25.5 Å². The highest BCUT2D eigenvalue weighted by Crippen LogP contribution is 2.29. The minimum atomic E-state index is -0.155. The summed E-state index contributed by atoms with van der Waals surface area (Å²) in [6, 6.07) is 11.5. The molecule has 5 heterocycles. The van der Waals surface area contributed by atoms with E-state index in [0.29, 0.717) is 22.7 Å². The first-order valence-electron chi connectivity index (χ1n) is 9.54. The first-order valence-corrected chi connectivity index (χ1v) is 12.3. The molecule has 0 aliphatic heterocycles. The molecule has 0 bridgehead atoms. The third-order valence-corrected chi connectivity index (χ3v) is 7.00. The summed E-state index contributed by atoms with van der Waals surface area (Å²) in [6.07, 6.45) is 5.07. The Kier molecular flexibility index (Phi) is 6.10. The van der Waals surface area contributed by atoms with Crippen molar-refractivity contribution in [2.45, 2.75) is 11.7 Å². The summed E-state index contributed by atoms with van der Waals surface area (Å²) < 4.78 is 7.43. The summed E-state index contributed by atoms with van der Waals surface area (Å²) >= 11 is 4.33. The second-order valence-electron chi connectivity index (χ2n) is 6.57. The molecule has 0 aliphatic carbocycles. The number of rotatable bonds is 8. The van der Waals surface area contributed by atoms with E-state index >= 15 is 0 Å². The topological polar surface area (TPSA) is 98.7 Å². The zero-order valence-corrected chi connectivity index (χ0v) is 19.0. The van der Waals surface area contributed by atoms with Crippen molar-refractivity contribution in [3.63, 3.8) is 0 Å². The van der Waals surface area contributed by atoms with Crippen molar-refractivity contribution in [2.75, 3.05) is 11.1 Å². The zero-order chi connectivity index (χ0) is 21.8. The minimum absolute atomic E-state index is 0.155. The predicted octanol–water partition coefficient (Wildman–Crippen LogP) is 4.90. The fourth-order valence-corrected chi connectivity index (χ4v) is 5.18.